The summed E-state index contributed by atoms with van der Waals surface area (Å²) in [7, 11) is 0. The van der Waals surface area contributed by atoms with Crippen LogP contribution < -0.4 is 5.73 Å². The van der Waals surface area contributed by atoms with Gasteiger partial charge in [0, 0.05) is 4.90 Å². The first-order valence-corrected chi connectivity index (χ1v) is 5.63. The number of nitrogen functional groups attached to an aromatic ring is 1. The zero-order valence-corrected chi connectivity index (χ0v) is 9.59. The van der Waals surface area contributed by atoms with Crippen LogP contribution in [0.5, 0.6) is 0 Å². The van der Waals surface area contributed by atoms with E-state index >= 15 is 0 Å². The Kier molecular flexibility index (Phi) is 3.10. The van der Waals surface area contributed by atoms with Crippen molar-refractivity contribution in [2.24, 2.45) is 0 Å². The van der Waals surface area contributed by atoms with E-state index in [1.54, 1.807) is 24.4 Å². The summed E-state index contributed by atoms with van der Waals surface area (Å²) in [5.74, 6) is -0.231. The van der Waals surface area contributed by atoms with E-state index in [1.165, 1.54) is 17.8 Å². The second-order valence-electron chi connectivity index (χ2n) is 3.42. The van der Waals surface area contributed by atoms with Gasteiger partial charge in [0.2, 0.25) is 0 Å². The van der Waals surface area contributed by atoms with Crippen LogP contribution in [-0.2, 0) is 0 Å². The van der Waals surface area contributed by atoms with Gasteiger partial charge in [-0.3, -0.25) is 0 Å². The van der Waals surface area contributed by atoms with Gasteiger partial charge in [-0.1, -0.05) is 23.9 Å². The summed E-state index contributed by atoms with van der Waals surface area (Å²) in [6, 6.07) is 8.48. The number of hydrogen-bond acceptors (Lipinski definition) is 3. The Morgan fingerprint density at radius 2 is 2.06 bits per heavy atom. The zero-order valence-electron chi connectivity index (χ0n) is 8.77. The van der Waals surface area contributed by atoms with Crippen molar-refractivity contribution < 1.29 is 4.39 Å². The highest BCUT2D eigenvalue weighted by atomic mass is 32.2. The highest BCUT2D eigenvalue weighted by Gasteiger charge is 2.06. The van der Waals surface area contributed by atoms with Crippen molar-refractivity contribution in [1.29, 1.82) is 0 Å². The van der Waals surface area contributed by atoms with Gasteiger partial charge in [-0.05, 0) is 30.7 Å². The quantitative estimate of drug-likeness (QED) is 0.866. The molecule has 0 bridgehead atoms. The highest BCUT2D eigenvalue weighted by Crippen LogP contribution is 2.30. The standard InChI is InChI=1S/C12H11FN2S/c1-8-6-9(14)7-15-12(8)16-11-5-3-2-4-10(11)13/h2-7H,14H2,1H3. The van der Waals surface area contributed by atoms with Gasteiger partial charge in [0.25, 0.3) is 0 Å². The summed E-state index contributed by atoms with van der Waals surface area (Å²) < 4.78 is 13.4. The van der Waals surface area contributed by atoms with Crippen molar-refractivity contribution in [3.63, 3.8) is 0 Å². The van der Waals surface area contributed by atoms with Crippen molar-refractivity contribution in [3.05, 3.63) is 47.9 Å². The Balaban J connectivity index is 2.31. The lowest BCUT2D eigenvalue weighted by Gasteiger charge is -2.05. The van der Waals surface area contributed by atoms with E-state index in [1.807, 2.05) is 13.0 Å². The number of halogens is 1. The Morgan fingerprint density at radius 1 is 1.31 bits per heavy atom. The van der Waals surface area contributed by atoms with E-state index in [0.717, 1.165) is 10.6 Å². The predicted molar refractivity (Wildman–Crippen MR) is 63.9 cm³/mol. The molecule has 0 spiro atoms. The molecule has 2 nitrogen and oxygen atoms in total. The van der Waals surface area contributed by atoms with E-state index in [0.29, 0.717) is 10.6 Å². The van der Waals surface area contributed by atoms with Gasteiger partial charge in [0.15, 0.2) is 0 Å². The van der Waals surface area contributed by atoms with Crippen molar-refractivity contribution in [2.75, 3.05) is 5.73 Å². The number of pyridine rings is 1. The number of benzene rings is 1. The Labute approximate surface area is 97.7 Å². The largest absolute Gasteiger partial charge is 0.397 e. The number of anilines is 1. The fourth-order valence-electron chi connectivity index (χ4n) is 1.32. The van der Waals surface area contributed by atoms with Crippen LogP contribution in [0.25, 0.3) is 0 Å². The van der Waals surface area contributed by atoms with Crippen molar-refractivity contribution in [3.8, 4) is 0 Å². The second-order valence-corrected chi connectivity index (χ2v) is 4.45. The van der Waals surface area contributed by atoms with Crippen LogP contribution in [0, 0.1) is 12.7 Å². The normalized spacial score (nSPS) is 10.4. The molecule has 0 aliphatic heterocycles. The number of rotatable bonds is 2. The Hall–Kier alpha value is -1.55. The second kappa shape index (κ2) is 4.53. The molecule has 0 fully saturated rings. The lowest BCUT2D eigenvalue weighted by Crippen LogP contribution is -1.91. The van der Waals surface area contributed by atoms with Crippen LogP contribution in [-0.4, -0.2) is 4.98 Å². The molecule has 16 heavy (non-hydrogen) atoms. The molecule has 1 aromatic carbocycles. The smallest absolute Gasteiger partial charge is 0.137 e. The lowest BCUT2D eigenvalue weighted by atomic mass is 10.3. The average Bonchev–Trinajstić information content (AvgIpc) is 2.25. The predicted octanol–water partition coefficient (Wildman–Crippen LogP) is 3.26. The van der Waals surface area contributed by atoms with Gasteiger partial charge in [-0.2, -0.15) is 0 Å². The summed E-state index contributed by atoms with van der Waals surface area (Å²) >= 11 is 1.31. The maximum atomic E-state index is 13.4. The van der Waals surface area contributed by atoms with Crippen LogP contribution in [0.15, 0.2) is 46.5 Å². The SMILES string of the molecule is Cc1cc(N)cnc1Sc1ccccc1F. The molecular formula is C12H11FN2S. The summed E-state index contributed by atoms with van der Waals surface area (Å²) in [6.45, 7) is 1.91. The maximum absolute atomic E-state index is 13.4. The maximum Gasteiger partial charge on any atom is 0.137 e. The first kappa shape index (κ1) is 11.0. The van der Waals surface area contributed by atoms with Gasteiger partial charge in [-0.25, -0.2) is 9.37 Å². The fraction of sp³-hybridized carbons (Fsp3) is 0.0833. The molecule has 0 radical (unpaired) electrons. The molecule has 4 heteroatoms. The first-order chi connectivity index (χ1) is 7.66. The molecule has 1 heterocycles. The van der Waals surface area contributed by atoms with Crippen LogP contribution in [0.4, 0.5) is 10.1 Å². The van der Waals surface area contributed by atoms with Gasteiger partial charge in [0.05, 0.1) is 11.9 Å². The third-order valence-corrected chi connectivity index (χ3v) is 3.27. The molecule has 0 aliphatic carbocycles. The topological polar surface area (TPSA) is 38.9 Å². The van der Waals surface area contributed by atoms with Gasteiger partial charge >= 0.3 is 0 Å². The van der Waals surface area contributed by atoms with E-state index in [4.69, 9.17) is 5.73 Å². The minimum absolute atomic E-state index is 0.231. The summed E-state index contributed by atoms with van der Waals surface area (Å²) in [6.07, 6.45) is 1.58. The zero-order chi connectivity index (χ0) is 11.5. The molecule has 1 aromatic heterocycles. The van der Waals surface area contributed by atoms with Crippen LogP contribution in [0.3, 0.4) is 0 Å². The molecular weight excluding hydrogens is 223 g/mol. The summed E-state index contributed by atoms with van der Waals surface area (Å²) in [5.41, 5.74) is 7.18. The van der Waals surface area contributed by atoms with Crippen LogP contribution in [0.2, 0.25) is 0 Å². The van der Waals surface area contributed by atoms with E-state index < -0.39 is 0 Å². The Bertz CT molecular complexity index is 514. The number of aryl methyl sites for hydroxylation is 1. The number of hydrogen-bond donors (Lipinski definition) is 1. The van der Waals surface area contributed by atoms with E-state index in [9.17, 15) is 4.39 Å². The third kappa shape index (κ3) is 2.33. The molecule has 2 aromatic rings. The van der Waals surface area contributed by atoms with Gasteiger partial charge < -0.3 is 5.73 Å². The molecule has 0 atom stereocenters. The highest BCUT2D eigenvalue weighted by molar-refractivity contribution is 7.99. The van der Waals surface area contributed by atoms with Crippen molar-refractivity contribution in [1.82, 2.24) is 4.98 Å². The molecule has 2 rings (SSSR count). The van der Waals surface area contributed by atoms with Crippen LogP contribution >= 0.6 is 11.8 Å². The van der Waals surface area contributed by atoms with E-state index in [-0.39, 0.29) is 5.82 Å². The average molecular weight is 234 g/mol. The van der Waals surface area contributed by atoms with Crippen molar-refractivity contribution in [2.45, 2.75) is 16.8 Å². The molecule has 0 unspecified atom stereocenters. The summed E-state index contributed by atoms with van der Waals surface area (Å²) in [4.78, 5) is 4.76. The molecule has 0 saturated carbocycles. The summed E-state index contributed by atoms with van der Waals surface area (Å²) in [5, 5.41) is 0.777. The monoisotopic (exact) mass is 234 g/mol. The molecule has 0 aliphatic rings. The number of nitrogens with two attached hydrogens (primary N) is 1. The molecule has 82 valence electrons. The Morgan fingerprint density at radius 3 is 2.75 bits per heavy atom. The minimum Gasteiger partial charge on any atom is -0.397 e. The van der Waals surface area contributed by atoms with Crippen LogP contribution in [0.1, 0.15) is 5.56 Å². The fourth-order valence-corrected chi connectivity index (χ4v) is 2.17. The first-order valence-electron chi connectivity index (χ1n) is 4.81. The van der Waals surface area contributed by atoms with Gasteiger partial charge in [0.1, 0.15) is 10.8 Å². The molecule has 0 amide bonds. The van der Waals surface area contributed by atoms with E-state index in [2.05, 4.69) is 4.98 Å². The number of aromatic nitrogens is 1. The molecule has 0 saturated heterocycles. The minimum atomic E-state index is -0.231. The van der Waals surface area contributed by atoms with Gasteiger partial charge in [-0.15, -0.1) is 0 Å². The third-order valence-electron chi connectivity index (χ3n) is 2.09. The molecule has 2 N–H and O–H groups in total. The van der Waals surface area contributed by atoms with Crippen molar-refractivity contribution >= 4 is 17.4 Å². The lowest BCUT2D eigenvalue weighted by molar-refractivity contribution is 0.602. The number of nitrogens with zero attached hydrogens (tertiary/aromatic N) is 1.